The number of aromatic nitrogens is 4. The predicted octanol–water partition coefficient (Wildman–Crippen LogP) is 2.34. The van der Waals surface area contributed by atoms with E-state index in [1.165, 1.54) is 12.8 Å². The number of nitrogens with zero attached hydrogens (tertiary/aromatic N) is 3. The monoisotopic (exact) mass is 341 g/mol. The van der Waals surface area contributed by atoms with Crippen LogP contribution in [-0.2, 0) is 4.74 Å². The molecule has 0 unspecified atom stereocenters. The van der Waals surface area contributed by atoms with Crippen LogP contribution in [0.5, 0.6) is 0 Å². The largest absolute Gasteiger partial charge is 0.365 e. The van der Waals surface area contributed by atoms with E-state index in [2.05, 4.69) is 25.5 Å². The van der Waals surface area contributed by atoms with Gasteiger partial charge in [0.2, 0.25) is 0 Å². The van der Waals surface area contributed by atoms with Crippen LogP contribution in [0.25, 0.3) is 0 Å². The van der Waals surface area contributed by atoms with Gasteiger partial charge in [-0.2, -0.15) is 5.10 Å². The molecule has 3 heterocycles. The lowest BCUT2D eigenvalue weighted by atomic mass is 10.2. The van der Waals surface area contributed by atoms with Gasteiger partial charge in [-0.25, -0.2) is 9.97 Å². The van der Waals surface area contributed by atoms with E-state index in [-0.39, 0.29) is 18.1 Å². The number of nitrogens with one attached hydrogen (secondary N) is 2. The summed E-state index contributed by atoms with van der Waals surface area (Å²) in [5, 5.41) is 10.2. The van der Waals surface area contributed by atoms with Crippen molar-refractivity contribution in [1.29, 1.82) is 0 Å². The summed E-state index contributed by atoms with van der Waals surface area (Å²) in [5.74, 6) is 2.10. The molecule has 0 radical (unpaired) electrons. The van der Waals surface area contributed by atoms with Gasteiger partial charge in [-0.3, -0.25) is 9.89 Å². The molecule has 25 heavy (non-hydrogen) atoms. The number of amides is 1. The molecule has 1 amide bonds. The van der Waals surface area contributed by atoms with Crippen LogP contribution in [0, 0.1) is 13.8 Å². The zero-order valence-corrected chi connectivity index (χ0v) is 14.6. The fraction of sp³-hybridized carbons (Fsp3) is 0.556. The Morgan fingerprint density at radius 3 is 2.84 bits per heavy atom. The first-order valence-electron chi connectivity index (χ1n) is 8.90. The fourth-order valence-electron chi connectivity index (χ4n) is 3.07. The SMILES string of the molecule is Cc1ccc(C(=O)NC[C@H]2CC[C@@H](c3nc(C4CC4)n[nH]3)O2)nc1C. The second-order valence-corrected chi connectivity index (χ2v) is 6.99. The van der Waals surface area contributed by atoms with Gasteiger partial charge in [-0.05, 0) is 51.2 Å². The lowest BCUT2D eigenvalue weighted by molar-refractivity contribution is 0.0391. The molecule has 2 aromatic rings. The standard InChI is InChI=1S/C18H23N5O2/c1-10-3-7-14(20-11(10)2)18(24)19-9-13-6-8-15(25-13)17-21-16(22-23-17)12-4-5-12/h3,7,12-13,15H,4-6,8-9H2,1-2H3,(H,19,24)(H,21,22,23)/t13-,15+/m1/s1. The molecule has 0 bridgehead atoms. The van der Waals surface area contributed by atoms with E-state index in [1.54, 1.807) is 6.07 Å². The molecule has 1 saturated heterocycles. The first kappa shape index (κ1) is 16.2. The molecule has 2 fully saturated rings. The minimum absolute atomic E-state index is 0.00466. The third-order valence-corrected chi connectivity index (χ3v) is 4.95. The smallest absolute Gasteiger partial charge is 0.269 e. The molecular formula is C18H23N5O2. The number of hydrogen-bond acceptors (Lipinski definition) is 5. The van der Waals surface area contributed by atoms with Gasteiger partial charge < -0.3 is 10.1 Å². The summed E-state index contributed by atoms with van der Waals surface area (Å²) >= 11 is 0. The van der Waals surface area contributed by atoms with Crippen molar-refractivity contribution in [2.24, 2.45) is 0 Å². The van der Waals surface area contributed by atoms with Crippen molar-refractivity contribution in [3.8, 4) is 0 Å². The fourth-order valence-corrected chi connectivity index (χ4v) is 3.07. The number of aromatic amines is 1. The molecule has 2 aromatic heterocycles. The van der Waals surface area contributed by atoms with Crippen LogP contribution in [0.2, 0.25) is 0 Å². The third kappa shape index (κ3) is 3.56. The van der Waals surface area contributed by atoms with Crippen LogP contribution in [0.1, 0.15) is 71.1 Å². The van der Waals surface area contributed by atoms with Gasteiger partial charge in [0, 0.05) is 18.2 Å². The van der Waals surface area contributed by atoms with E-state index in [9.17, 15) is 4.79 Å². The number of pyridine rings is 1. The maximum atomic E-state index is 12.2. The molecule has 1 aliphatic heterocycles. The molecule has 2 aliphatic rings. The van der Waals surface area contributed by atoms with Gasteiger partial charge in [0.25, 0.3) is 5.91 Å². The second kappa shape index (κ2) is 6.55. The number of H-pyrrole nitrogens is 1. The van der Waals surface area contributed by atoms with E-state index in [0.29, 0.717) is 18.2 Å². The second-order valence-electron chi connectivity index (χ2n) is 6.99. The van der Waals surface area contributed by atoms with Crippen LogP contribution in [0.3, 0.4) is 0 Å². The van der Waals surface area contributed by atoms with Gasteiger partial charge in [0.15, 0.2) is 11.6 Å². The van der Waals surface area contributed by atoms with E-state index >= 15 is 0 Å². The van der Waals surface area contributed by atoms with Crippen molar-refractivity contribution in [2.45, 2.75) is 57.7 Å². The highest BCUT2D eigenvalue weighted by Crippen LogP contribution is 2.39. The number of aryl methyl sites for hydroxylation is 2. The van der Waals surface area contributed by atoms with Gasteiger partial charge in [0.1, 0.15) is 11.8 Å². The Labute approximate surface area is 146 Å². The van der Waals surface area contributed by atoms with Crippen molar-refractivity contribution >= 4 is 5.91 Å². The number of rotatable bonds is 5. The molecule has 132 valence electrons. The Hall–Kier alpha value is -2.28. The highest BCUT2D eigenvalue weighted by molar-refractivity contribution is 5.92. The molecule has 2 atom stereocenters. The first-order valence-corrected chi connectivity index (χ1v) is 8.90. The van der Waals surface area contributed by atoms with Crippen molar-refractivity contribution in [2.75, 3.05) is 6.54 Å². The molecule has 0 aromatic carbocycles. The Bertz CT molecular complexity index is 784. The molecular weight excluding hydrogens is 318 g/mol. The van der Waals surface area contributed by atoms with Crippen molar-refractivity contribution in [3.63, 3.8) is 0 Å². The Morgan fingerprint density at radius 1 is 1.24 bits per heavy atom. The lowest BCUT2D eigenvalue weighted by Crippen LogP contribution is -2.32. The molecule has 2 N–H and O–H groups in total. The maximum Gasteiger partial charge on any atom is 0.269 e. The van der Waals surface area contributed by atoms with Gasteiger partial charge >= 0.3 is 0 Å². The molecule has 1 aliphatic carbocycles. The summed E-state index contributed by atoms with van der Waals surface area (Å²) in [4.78, 5) is 21.1. The van der Waals surface area contributed by atoms with Gasteiger partial charge in [-0.15, -0.1) is 0 Å². The van der Waals surface area contributed by atoms with Crippen LogP contribution >= 0.6 is 0 Å². The normalized spacial score (nSPS) is 23.0. The summed E-state index contributed by atoms with van der Waals surface area (Å²) in [7, 11) is 0. The van der Waals surface area contributed by atoms with Crippen LogP contribution in [0.15, 0.2) is 12.1 Å². The quantitative estimate of drug-likeness (QED) is 0.871. The van der Waals surface area contributed by atoms with E-state index in [4.69, 9.17) is 4.74 Å². The number of carbonyl (C=O) groups is 1. The highest BCUT2D eigenvalue weighted by atomic mass is 16.5. The van der Waals surface area contributed by atoms with E-state index in [1.807, 2.05) is 19.9 Å². The minimum Gasteiger partial charge on any atom is -0.365 e. The van der Waals surface area contributed by atoms with Crippen LogP contribution < -0.4 is 5.32 Å². The van der Waals surface area contributed by atoms with Crippen LogP contribution in [-0.4, -0.2) is 38.7 Å². The Morgan fingerprint density at radius 2 is 2.08 bits per heavy atom. The summed E-state index contributed by atoms with van der Waals surface area (Å²) in [5.41, 5.74) is 2.40. The summed E-state index contributed by atoms with van der Waals surface area (Å²) in [6.45, 7) is 4.37. The molecule has 0 spiro atoms. The Kier molecular flexibility index (Phi) is 4.25. The zero-order valence-electron chi connectivity index (χ0n) is 14.6. The van der Waals surface area contributed by atoms with E-state index < -0.39 is 0 Å². The topological polar surface area (TPSA) is 92.8 Å². The van der Waals surface area contributed by atoms with Crippen molar-refractivity contribution in [1.82, 2.24) is 25.5 Å². The molecule has 4 rings (SSSR count). The van der Waals surface area contributed by atoms with Gasteiger partial charge in [-0.1, -0.05) is 6.07 Å². The minimum atomic E-state index is -0.161. The summed E-state index contributed by atoms with van der Waals surface area (Å²) < 4.78 is 6.02. The number of hydrogen-bond donors (Lipinski definition) is 2. The number of carbonyl (C=O) groups excluding carboxylic acids is 1. The third-order valence-electron chi connectivity index (χ3n) is 4.95. The summed E-state index contributed by atoms with van der Waals surface area (Å²) in [6.07, 6.45) is 4.09. The zero-order chi connectivity index (χ0) is 17.4. The van der Waals surface area contributed by atoms with Crippen molar-refractivity contribution in [3.05, 3.63) is 40.7 Å². The molecule has 7 nitrogen and oxygen atoms in total. The molecule has 1 saturated carbocycles. The van der Waals surface area contributed by atoms with Crippen molar-refractivity contribution < 1.29 is 9.53 Å². The highest BCUT2D eigenvalue weighted by Gasteiger charge is 2.32. The molecule has 7 heteroatoms. The van der Waals surface area contributed by atoms with Crippen LogP contribution in [0.4, 0.5) is 0 Å². The van der Waals surface area contributed by atoms with E-state index in [0.717, 1.165) is 35.7 Å². The summed E-state index contributed by atoms with van der Waals surface area (Å²) in [6, 6.07) is 3.67. The lowest BCUT2D eigenvalue weighted by Gasteiger charge is -2.13. The average molecular weight is 341 g/mol. The average Bonchev–Trinajstić information content (AvgIpc) is 3.15. The Balaban J connectivity index is 1.30. The number of ether oxygens (including phenoxy) is 1. The predicted molar refractivity (Wildman–Crippen MR) is 91.2 cm³/mol. The maximum absolute atomic E-state index is 12.2. The van der Waals surface area contributed by atoms with Gasteiger partial charge in [0.05, 0.1) is 6.10 Å². The first-order chi connectivity index (χ1) is 12.1.